The number of nitrogens with zero attached hydrogens (tertiary/aromatic N) is 1. The fourth-order valence-corrected chi connectivity index (χ4v) is 4.09. The molecule has 0 radical (unpaired) electrons. The van der Waals surface area contributed by atoms with Gasteiger partial charge in [0, 0.05) is 11.6 Å². The zero-order chi connectivity index (χ0) is 19.3. The van der Waals surface area contributed by atoms with Crippen molar-refractivity contribution >= 4 is 23.5 Å². The molecule has 2 fully saturated rings. The van der Waals surface area contributed by atoms with E-state index in [0.717, 1.165) is 10.5 Å². The van der Waals surface area contributed by atoms with Crippen LogP contribution in [0.5, 0.6) is 5.75 Å². The summed E-state index contributed by atoms with van der Waals surface area (Å²) in [6.45, 7) is 1.85. The van der Waals surface area contributed by atoms with Gasteiger partial charge in [-0.3, -0.25) is 19.7 Å². The molecule has 4 atom stereocenters. The van der Waals surface area contributed by atoms with Gasteiger partial charge in [0.15, 0.2) is 0 Å². The quantitative estimate of drug-likeness (QED) is 0.713. The van der Waals surface area contributed by atoms with Crippen molar-refractivity contribution in [2.45, 2.75) is 19.0 Å². The number of amides is 2. The lowest BCUT2D eigenvalue weighted by Gasteiger charge is -2.22. The number of aromatic hydroxyl groups is 1. The lowest BCUT2D eigenvalue weighted by Crippen LogP contribution is -2.43. The van der Waals surface area contributed by atoms with Crippen molar-refractivity contribution in [2.75, 3.05) is 4.90 Å². The number of carbonyl (C=O) groups excluding carboxylic acids is 2. The fourth-order valence-electron chi connectivity index (χ4n) is 4.09. The van der Waals surface area contributed by atoms with E-state index in [1.54, 1.807) is 36.4 Å². The molecule has 0 spiro atoms. The number of nitrogens with one attached hydrogen (secondary N) is 1. The van der Waals surface area contributed by atoms with Gasteiger partial charge in [-0.15, -0.1) is 0 Å². The summed E-state index contributed by atoms with van der Waals surface area (Å²) in [6, 6.07) is 11.4. The number of imide groups is 1. The maximum absolute atomic E-state index is 13.2. The predicted octanol–water partition coefficient (Wildman–Crippen LogP) is 1.60. The Morgan fingerprint density at radius 1 is 1.04 bits per heavy atom. The van der Waals surface area contributed by atoms with Gasteiger partial charge in [-0.05, 0) is 30.7 Å². The van der Waals surface area contributed by atoms with Crippen LogP contribution in [0.1, 0.15) is 17.2 Å². The average Bonchev–Trinajstić information content (AvgIpc) is 3.13. The van der Waals surface area contributed by atoms with E-state index in [4.69, 9.17) is 0 Å². The van der Waals surface area contributed by atoms with E-state index in [2.05, 4.69) is 5.32 Å². The number of para-hydroxylation sites is 1. The molecule has 2 aliphatic heterocycles. The Kier molecular flexibility index (Phi) is 3.96. The summed E-state index contributed by atoms with van der Waals surface area (Å²) in [5.74, 6) is -4.16. The highest BCUT2D eigenvalue weighted by molar-refractivity contribution is 6.23. The van der Waals surface area contributed by atoms with Crippen LogP contribution in [0.3, 0.4) is 0 Å². The molecule has 2 aromatic carbocycles. The number of rotatable bonds is 3. The third kappa shape index (κ3) is 2.59. The van der Waals surface area contributed by atoms with Crippen LogP contribution in [0.15, 0.2) is 48.5 Å². The Morgan fingerprint density at radius 3 is 2.41 bits per heavy atom. The Labute approximate surface area is 155 Å². The molecular formula is C20H18N2O5. The summed E-state index contributed by atoms with van der Waals surface area (Å²) in [5.41, 5.74) is 1.72. The summed E-state index contributed by atoms with van der Waals surface area (Å²) in [6.07, 6.45) is 0. The van der Waals surface area contributed by atoms with Crippen LogP contribution in [0.2, 0.25) is 0 Å². The minimum absolute atomic E-state index is 0.0472. The molecule has 138 valence electrons. The van der Waals surface area contributed by atoms with E-state index in [9.17, 15) is 24.6 Å². The van der Waals surface area contributed by atoms with Crippen molar-refractivity contribution in [3.63, 3.8) is 0 Å². The maximum atomic E-state index is 13.2. The number of anilines is 1. The standard InChI is InChI=1S/C20H18N2O5/c1-10-5-4-6-11(9-10)22-18(24)14-15(19(22)25)17(20(26)27)21-16(14)12-7-2-3-8-13(12)23/h2-9,14-17,21,23H,1H3,(H,26,27)/t14-,15-,16-,17-/m0/s1. The summed E-state index contributed by atoms with van der Waals surface area (Å²) >= 11 is 0. The first-order valence-electron chi connectivity index (χ1n) is 8.61. The molecule has 0 bridgehead atoms. The number of hydrogen-bond donors (Lipinski definition) is 3. The van der Waals surface area contributed by atoms with Crippen molar-refractivity contribution in [3.8, 4) is 5.75 Å². The van der Waals surface area contributed by atoms with Gasteiger partial charge in [0.25, 0.3) is 0 Å². The number of fused-ring (bicyclic) bond motifs is 1. The first-order valence-corrected chi connectivity index (χ1v) is 8.61. The van der Waals surface area contributed by atoms with Gasteiger partial charge in [0.2, 0.25) is 11.8 Å². The van der Waals surface area contributed by atoms with E-state index in [0.29, 0.717) is 11.3 Å². The fraction of sp³-hybridized carbons (Fsp3) is 0.250. The lowest BCUT2D eigenvalue weighted by atomic mass is 9.86. The molecule has 7 nitrogen and oxygen atoms in total. The van der Waals surface area contributed by atoms with E-state index in [1.807, 2.05) is 13.0 Å². The predicted molar refractivity (Wildman–Crippen MR) is 96.1 cm³/mol. The summed E-state index contributed by atoms with van der Waals surface area (Å²) < 4.78 is 0. The molecule has 0 aliphatic carbocycles. The molecule has 2 amide bonds. The monoisotopic (exact) mass is 366 g/mol. The number of hydrogen-bond acceptors (Lipinski definition) is 5. The summed E-state index contributed by atoms with van der Waals surface area (Å²) in [7, 11) is 0. The highest BCUT2D eigenvalue weighted by Crippen LogP contribution is 2.46. The Morgan fingerprint density at radius 2 is 1.74 bits per heavy atom. The SMILES string of the molecule is Cc1cccc(N2C(=O)[C@H]3[C@H](C2=O)[C@H](c2ccccc2O)N[C@@H]3C(=O)O)c1. The second kappa shape index (κ2) is 6.21. The first-order chi connectivity index (χ1) is 12.9. The largest absolute Gasteiger partial charge is 0.508 e. The highest BCUT2D eigenvalue weighted by Gasteiger charge is 2.61. The molecule has 2 aromatic rings. The van der Waals surface area contributed by atoms with Gasteiger partial charge >= 0.3 is 5.97 Å². The van der Waals surface area contributed by atoms with Crippen molar-refractivity contribution in [1.29, 1.82) is 0 Å². The van der Waals surface area contributed by atoms with Crippen LogP contribution >= 0.6 is 0 Å². The van der Waals surface area contributed by atoms with Crippen LogP contribution in [0.25, 0.3) is 0 Å². The van der Waals surface area contributed by atoms with Crippen molar-refractivity contribution in [2.24, 2.45) is 11.8 Å². The number of aryl methyl sites for hydroxylation is 1. The maximum Gasteiger partial charge on any atom is 0.321 e. The summed E-state index contributed by atoms with van der Waals surface area (Å²) in [4.78, 5) is 39.0. The minimum Gasteiger partial charge on any atom is -0.508 e. The van der Waals surface area contributed by atoms with E-state index < -0.39 is 41.7 Å². The number of benzene rings is 2. The van der Waals surface area contributed by atoms with Gasteiger partial charge in [0.1, 0.15) is 11.8 Å². The Balaban J connectivity index is 1.80. The second-order valence-corrected chi connectivity index (χ2v) is 6.92. The molecule has 2 aliphatic rings. The number of phenols is 1. The molecular weight excluding hydrogens is 348 g/mol. The smallest absolute Gasteiger partial charge is 0.321 e. The Hall–Kier alpha value is -3.19. The van der Waals surface area contributed by atoms with Crippen LogP contribution in [0, 0.1) is 18.8 Å². The van der Waals surface area contributed by atoms with Gasteiger partial charge in [-0.25, -0.2) is 4.90 Å². The van der Waals surface area contributed by atoms with E-state index >= 15 is 0 Å². The van der Waals surface area contributed by atoms with Gasteiger partial charge in [-0.1, -0.05) is 30.3 Å². The van der Waals surface area contributed by atoms with Crippen LogP contribution < -0.4 is 10.2 Å². The minimum atomic E-state index is -1.20. The normalized spacial score (nSPS) is 27.1. The molecule has 0 saturated carbocycles. The molecule has 2 saturated heterocycles. The Bertz CT molecular complexity index is 957. The van der Waals surface area contributed by atoms with Crippen LogP contribution in [0.4, 0.5) is 5.69 Å². The van der Waals surface area contributed by atoms with Crippen molar-refractivity contribution < 1.29 is 24.6 Å². The van der Waals surface area contributed by atoms with Crippen LogP contribution in [-0.4, -0.2) is 34.0 Å². The first kappa shape index (κ1) is 17.2. The van der Waals surface area contributed by atoms with Gasteiger partial charge < -0.3 is 10.2 Å². The lowest BCUT2D eigenvalue weighted by molar-refractivity contribution is -0.142. The number of carbonyl (C=O) groups is 3. The van der Waals surface area contributed by atoms with E-state index in [-0.39, 0.29) is 5.75 Å². The third-order valence-corrected chi connectivity index (χ3v) is 5.27. The molecule has 27 heavy (non-hydrogen) atoms. The highest BCUT2D eigenvalue weighted by atomic mass is 16.4. The summed E-state index contributed by atoms with van der Waals surface area (Å²) in [5, 5.41) is 22.6. The molecule has 0 aromatic heterocycles. The third-order valence-electron chi connectivity index (χ3n) is 5.27. The van der Waals surface area contributed by atoms with Gasteiger partial charge in [0.05, 0.1) is 17.5 Å². The second-order valence-electron chi connectivity index (χ2n) is 6.92. The average molecular weight is 366 g/mol. The van der Waals surface area contributed by atoms with Crippen molar-refractivity contribution in [3.05, 3.63) is 59.7 Å². The van der Waals surface area contributed by atoms with Crippen LogP contribution in [-0.2, 0) is 14.4 Å². The molecule has 7 heteroatoms. The van der Waals surface area contributed by atoms with Crippen molar-refractivity contribution in [1.82, 2.24) is 5.32 Å². The molecule has 3 N–H and O–H groups in total. The topological polar surface area (TPSA) is 107 Å². The zero-order valence-corrected chi connectivity index (χ0v) is 14.5. The number of carboxylic acid groups (broad SMARTS) is 1. The molecule has 4 rings (SSSR count). The number of phenolic OH excluding ortho intramolecular Hbond substituents is 1. The molecule has 2 heterocycles. The zero-order valence-electron chi connectivity index (χ0n) is 14.5. The molecule has 0 unspecified atom stereocenters. The van der Waals surface area contributed by atoms with Gasteiger partial charge in [-0.2, -0.15) is 0 Å². The van der Waals surface area contributed by atoms with E-state index in [1.165, 1.54) is 6.07 Å². The number of aliphatic carboxylic acids is 1. The number of carboxylic acids is 1.